The number of hydrogen-bond donors (Lipinski definition) is 0. The van der Waals surface area contributed by atoms with Gasteiger partial charge >= 0.3 is 0 Å². The van der Waals surface area contributed by atoms with E-state index in [0.717, 1.165) is 24.2 Å². The molecule has 0 saturated heterocycles. The molecule has 0 aliphatic heterocycles. The molecule has 0 spiro atoms. The molecule has 90 valence electrons. The Morgan fingerprint density at radius 1 is 1.41 bits per heavy atom. The lowest BCUT2D eigenvalue weighted by atomic mass is 10.1. The third-order valence-electron chi connectivity index (χ3n) is 2.42. The van der Waals surface area contributed by atoms with E-state index in [9.17, 15) is 4.79 Å². The molecule has 3 nitrogen and oxygen atoms in total. The van der Waals surface area contributed by atoms with Crippen molar-refractivity contribution in [3.8, 4) is 0 Å². The topological polar surface area (TPSA) is 32.7 Å². The number of carbonyl (C=O) groups excluding carboxylic acids is 1. The van der Waals surface area contributed by atoms with Crippen LogP contribution in [0.4, 0.5) is 5.69 Å². The average Bonchev–Trinajstić information content (AvgIpc) is 2.34. The molecular formula is C14H18N2O. The Kier molecular flexibility index (Phi) is 5.14. The van der Waals surface area contributed by atoms with Crippen molar-refractivity contribution in [3.63, 3.8) is 0 Å². The minimum Gasteiger partial charge on any atom is -0.346 e. The van der Waals surface area contributed by atoms with Crippen LogP contribution in [0.15, 0.2) is 41.7 Å². The van der Waals surface area contributed by atoms with E-state index in [0.29, 0.717) is 0 Å². The molecule has 0 aliphatic rings. The maximum atomic E-state index is 11.2. The minimum absolute atomic E-state index is 0.0851. The summed E-state index contributed by atoms with van der Waals surface area (Å²) in [7, 11) is 0. The molecule has 1 aromatic rings. The number of benzene rings is 1. The van der Waals surface area contributed by atoms with E-state index in [-0.39, 0.29) is 5.78 Å². The predicted molar refractivity (Wildman–Crippen MR) is 72.8 cm³/mol. The summed E-state index contributed by atoms with van der Waals surface area (Å²) in [5.41, 5.74) is 1.78. The zero-order chi connectivity index (χ0) is 12.7. The van der Waals surface area contributed by atoms with E-state index in [1.165, 1.54) is 0 Å². The van der Waals surface area contributed by atoms with Crippen molar-refractivity contribution >= 4 is 18.2 Å². The Hall–Kier alpha value is -1.90. The summed E-state index contributed by atoms with van der Waals surface area (Å²) < 4.78 is 0. The first-order valence-electron chi connectivity index (χ1n) is 5.69. The highest BCUT2D eigenvalue weighted by Gasteiger charge is 2.03. The first-order valence-corrected chi connectivity index (χ1v) is 5.69. The van der Waals surface area contributed by atoms with Crippen LogP contribution in [0.5, 0.6) is 0 Å². The number of Topliss-reactive ketones (excluding diaryl/α,β-unsaturated/α-hetero) is 1. The van der Waals surface area contributed by atoms with Crippen molar-refractivity contribution in [2.24, 2.45) is 4.99 Å². The van der Waals surface area contributed by atoms with Crippen molar-refractivity contribution in [2.45, 2.75) is 20.3 Å². The van der Waals surface area contributed by atoms with Gasteiger partial charge in [0, 0.05) is 30.2 Å². The summed E-state index contributed by atoms with van der Waals surface area (Å²) in [6.45, 7) is 8.01. The largest absolute Gasteiger partial charge is 0.346 e. The summed E-state index contributed by atoms with van der Waals surface area (Å²) in [5, 5.41) is 0. The Morgan fingerprint density at radius 3 is 2.53 bits per heavy atom. The van der Waals surface area contributed by atoms with Crippen LogP contribution in [-0.4, -0.2) is 19.0 Å². The molecule has 0 aromatic heterocycles. The summed E-state index contributed by atoms with van der Waals surface area (Å²) in [6, 6.07) is 7.57. The second kappa shape index (κ2) is 6.63. The average molecular weight is 230 g/mol. The van der Waals surface area contributed by atoms with Gasteiger partial charge in [-0.25, -0.2) is 0 Å². The predicted octanol–water partition coefficient (Wildman–Crippen LogP) is 3.28. The fourth-order valence-electron chi connectivity index (χ4n) is 1.55. The number of ketones is 1. The van der Waals surface area contributed by atoms with Gasteiger partial charge in [0.25, 0.3) is 0 Å². The Balaban J connectivity index is 2.90. The number of hydrogen-bond acceptors (Lipinski definition) is 3. The van der Waals surface area contributed by atoms with Crippen LogP contribution in [0.2, 0.25) is 0 Å². The van der Waals surface area contributed by atoms with Crippen LogP contribution in [-0.2, 0) is 0 Å². The molecule has 0 bridgehead atoms. The molecule has 1 rings (SSSR count). The fraction of sp³-hybridized carbons (Fsp3) is 0.286. The number of aliphatic imine (C=N–C) groups is 1. The molecule has 0 saturated carbocycles. The summed E-state index contributed by atoms with van der Waals surface area (Å²) in [5.74, 6) is 0.0851. The number of nitrogens with zero attached hydrogens (tertiary/aromatic N) is 2. The fourth-order valence-corrected chi connectivity index (χ4v) is 1.55. The van der Waals surface area contributed by atoms with E-state index < -0.39 is 0 Å². The monoisotopic (exact) mass is 230 g/mol. The van der Waals surface area contributed by atoms with Crippen molar-refractivity contribution < 1.29 is 4.79 Å². The second-order valence-electron chi connectivity index (χ2n) is 3.78. The van der Waals surface area contributed by atoms with Gasteiger partial charge in [-0.1, -0.05) is 6.92 Å². The van der Waals surface area contributed by atoms with Gasteiger partial charge in [-0.05, 0) is 44.3 Å². The molecule has 0 aliphatic carbocycles. The first-order chi connectivity index (χ1) is 8.19. The van der Waals surface area contributed by atoms with Crippen LogP contribution < -0.4 is 4.90 Å². The molecule has 0 atom stereocenters. The van der Waals surface area contributed by atoms with Crippen LogP contribution in [0.3, 0.4) is 0 Å². The zero-order valence-electron chi connectivity index (χ0n) is 10.4. The third-order valence-corrected chi connectivity index (χ3v) is 2.42. The Bertz CT molecular complexity index is 407. The van der Waals surface area contributed by atoms with Gasteiger partial charge in [-0.2, -0.15) is 0 Å². The van der Waals surface area contributed by atoms with Crippen LogP contribution in [0.25, 0.3) is 0 Å². The molecule has 1 aromatic carbocycles. The lowest BCUT2D eigenvalue weighted by Crippen LogP contribution is -2.16. The van der Waals surface area contributed by atoms with Crippen molar-refractivity contribution in [2.75, 3.05) is 11.4 Å². The normalized spacial score (nSPS) is 10.5. The quantitative estimate of drug-likeness (QED) is 0.555. The van der Waals surface area contributed by atoms with Crippen LogP contribution in [0.1, 0.15) is 30.6 Å². The van der Waals surface area contributed by atoms with Gasteiger partial charge in [0.1, 0.15) is 0 Å². The van der Waals surface area contributed by atoms with Crippen LogP contribution >= 0.6 is 0 Å². The van der Waals surface area contributed by atoms with Gasteiger partial charge in [-0.3, -0.25) is 9.79 Å². The molecule has 0 amide bonds. The zero-order valence-corrected chi connectivity index (χ0v) is 10.4. The van der Waals surface area contributed by atoms with Crippen molar-refractivity contribution in [3.05, 3.63) is 42.2 Å². The maximum absolute atomic E-state index is 11.2. The molecule has 0 radical (unpaired) electrons. The summed E-state index contributed by atoms with van der Waals surface area (Å²) in [6.07, 6.45) is 4.59. The summed E-state index contributed by atoms with van der Waals surface area (Å²) in [4.78, 5) is 17.0. The minimum atomic E-state index is 0.0851. The van der Waals surface area contributed by atoms with Crippen molar-refractivity contribution in [1.29, 1.82) is 0 Å². The Morgan fingerprint density at radius 2 is 2.06 bits per heavy atom. The number of anilines is 1. The molecule has 17 heavy (non-hydrogen) atoms. The number of carbonyl (C=O) groups is 1. The highest BCUT2D eigenvalue weighted by molar-refractivity contribution is 5.94. The molecule has 0 unspecified atom stereocenters. The second-order valence-corrected chi connectivity index (χ2v) is 3.78. The molecule has 0 heterocycles. The lowest BCUT2D eigenvalue weighted by Gasteiger charge is -2.19. The molecule has 0 N–H and O–H groups in total. The van der Waals surface area contributed by atoms with Gasteiger partial charge in [0.2, 0.25) is 0 Å². The smallest absolute Gasteiger partial charge is 0.159 e. The standard InChI is InChI=1S/C14H18N2O/c1-4-10-16(11-9-15-3)14-7-5-13(6-8-14)12(2)17/h5-9,11H,3-4,10H2,1-2H3/b11-9-. The van der Waals surface area contributed by atoms with E-state index >= 15 is 0 Å². The van der Waals surface area contributed by atoms with E-state index in [1.54, 1.807) is 13.1 Å². The first kappa shape index (κ1) is 13.2. The van der Waals surface area contributed by atoms with Gasteiger partial charge in [0.15, 0.2) is 5.78 Å². The maximum Gasteiger partial charge on any atom is 0.159 e. The third kappa shape index (κ3) is 3.87. The highest BCUT2D eigenvalue weighted by atomic mass is 16.1. The van der Waals surface area contributed by atoms with E-state index in [1.807, 2.05) is 30.5 Å². The molecule has 0 fully saturated rings. The molecule has 3 heteroatoms. The van der Waals surface area contributed by atoms with Gasteiger partial charge in [0.05, 0.1) is 0 Å². The SMILES string of the molecule is C=N/C=C\N(CCC)c1ccc(C(C)=O)cc1. The van der Waals surface area contributed by atoms with Gasteiger partial charge < -0.3 is 4.90 Å². The molecular weight excluding hydrogens is 212 g/mol. The van der Waals surface area contributed by atoms with Gasteiger partial charge in [-0.15, -0.1) is 0 Å². The number of rotatable bonds is 6. The Labute approximate surface area is 102 Å². The van der Waals surface area contributed by atoms with E-state index in [2.05, 4.69) is 23.5 Å². The van der Waals surface area contributed by atoms with Crippen LogP contribution in [0, 0.1) is 0 Å². The highest BCUT2D eigenvalue weighted by Crippen LogP contribution is 2.16. The lowest BCUT2D eigenvalue weighted by molar-refractivity contribution is 0.101. The van der Waals surface area contributed by atoms with Crippen molar-refractivity contribution in [1.82, 2.24) is 0 Å². The summed E-state index contributed by atoms with van der Waals surface area (Å²) >= 11 is 0. The van der Waals surface area contributed by atoms with E-state index in [4.69, 9.17) is 0 Å².